The van der Waals surface area contributed by atoms with Crippen LogP contribution in [0.1, 0.15) is 10.4 Å². The van der Waals surface area contributed by atoms with Gasteiger partial charge >= 0.3 is 5.97 Å². The molecule has 4 heteroatoms. The SMILES string of the molecule is COc1ccc(OC(=O)c2ccc(F)cc2)cc1. The van der Waals surface area contributed by atoms with E-state index in [-0.39, 0.29) is 0 Å². The summed E-state index contributed by atoms with van der Waals surface area (Å²) in [5, 5.41) is 0. The number of rotatable bonds is 3. The van der Waals surface area contributed by atoms with Gasteiger partial charge in [-0.3, -0.25) is 0 Å². The fourth-order valence-corrected chi connectivity index (χ4v) is 1.40. The zero-order valence-corrected chi connectivity index (χ0v) is 9.72. The van der Waals surface area contributed by atoms with Crippen molar-refractivity contribution < 1.29 is 18.7 Å². The van der Waals surface area contributed by atoms with Crippen LogP contribution in [0.2, 0.25) is 0 Å². The smallest absolute Gasteiger partial charge is 0.343 e. The van der Waals surface area contributed by atoms with Gasteiger partial charge in [0.15, 0.2) is 0 Å². The summed E-state index contributed by atoms with van der Waals surface area (Å²) >= 11 is 0. The summed E-state index contributed by atoms with van der Waals surface area (Å²) in [4.78, 5) is 11.7. The predicted octanol–water partition coefficient (Wildman–Crippen LogP) is 3.05. The first-order chi connectivity index (χ1) is 8.69. The predicted molar refractivity (Wildman–Crippen MR) is 64.4 cm³/mol. The van der Waals surface area contributed by atoms with Crippen molar-refractivity contribution in [3.63, 3.8) is 0 Å². The molecule has 0 aliphatic rings. The van der Waals surface area contributed by atoms with Crippen LogP contribution >= 0.6 is 0 Å². The molecule has 0 radical (unpaired) electrons. The minimum atomic E-state index is -0.528. The first-order valence-corrected chi connectivity index (χ1v) is 5.31. The number of ether oxygens (including phenoxy) is 2. The van der Waals surface area contributed by atoms with Gasteiger partial charge in [-0.1, -0.05) is 0 Å². The molecule has 0 N–H and O–H groups in total. The molecular weight excluding hydrogens is 235 g/mol. The molecule has 0 amide bonds. The second kappa shape index (κ2) is 5.31. The number of benzene rings is 2. The highest BCUT2D eigenvalue weighted by Crippen LogP contribution is 2.18. The van der Waals surface area contributed by atoms with Crippen LogP contribution in [0.5, 0.6) is 11.5 Å². The third-order valence-electron chi connectivity index (χ3n) is 2.35. The van der Waals surface area contributed by atoms with E-state index in [2.05, 4.69) is 0 Å². The van der Waals surface area contributed by atoms with Crippen molar-refractivity contribution in [2.45, 2.75) is 0 Å². The Morgan fingerprint density at radius 2 is 1.50 bits per heavy atom. The second-order valence-corrected chi connectivity index (χ2v) is 3.57. The van der Waals surface area contributed by atoms with E-state index in [4.69, 9.17) is 9.47 Å². The van der Waals surface area contributed by atoms with Gasteiger partial charge in [0.2, 0.25) is 0 Å². The van der Waals surface area contributed by atoms with Crippen molar-refractivity contribution in [2.24, 2.45) is 0 Å². The molecule has 2 aromatic carbocycles. The first-order valence-electron chi connectivity index (χ1n) is 5.31. The highest BCUT2D eigenvalue weighted by molar-refractivity contribution is 5.90. The molecule has 0 saturated heterocycles. The van der Waals surface area contributed by atoms with Gasteiger partial charge in [-0.05, 0) is 48.5 Å². The van der Waals surface area contributed by atoms with E-state index in [1.165, 1.54) is 24.3 Å². The van der Waals surface area contributed by atoms with Gasteiger partial charge in [-0.2, -0.15) is 0 Å². The lowest BCUT2D eigenvalue weighted by Crippen LogP contribution is -2.08. The molecular formula is C14H11FO3. The molecule has 0 fully saturated rings. The van der Waals surface area contributed by atoms with E-state index in [1.54, 1.807) is 31.4 Å². The first kappa shape index (κ1) is 12.1. The largest absolute Gasteiger partial charge is 0.497 e. The maximum absolute atomic E-state index is 12.7. The van der Waals surface area contributed by atoms with E-state index in [1.807, 2.05) is 0 Å². The van der Waals surface area contributed by atoms with Crippen molar-refractivity contribution >= 4 is 5.97 Å². The van der Waals surface area contributed by atoms with Crippen molar-refractivity contribution in [3.8, 4) is 11.5 Å². The molecule has 92 valence electrons. The van der Waals surface area contributed by atoms with Gasteiger partial charge < -0.3 is 9.47 Å². The molecule has 0 bridgehead atoms. The average Bonchev–Trinajstić information content (AvgIpc) is 2.40. The Morgan fingerprint density at radius 1 is 0.944 bits per heavy atom. The Morgan fingerprint density at radius 3 is 2.06 bits per heavy atom. The molecule has 18 heavy (non-hydrogen) atoms. The number of halogens is 1. The summed E-state index contributed by atoms with van der Waals surface area (Å²) in [6.07, 6.45) is 0. The molecule has 2 aromatic rings. The van der Waals surface area contributed by atoms with Gasteiger partial charge in [0, 0.05) is 0 Å². The number of hydrogen-bond donors (Lipinski definition) is 0. The maximum atomic E-state index is 12.7. The standard InChI is InChI=1S/C14H11FO3/c1-17-12-6-8-13(9-7-12)18-14(16)10-2-4-11(15)5-3-10/h2-9H,1H3. The fraction of sp³-hybridized carbons (Fsp3) is 0.0714. The molecule has 0 heterocycles. The maximum Gasteiger partial charge on any atom is 0.343 e. The second-order valence-electron chi connectivity index (χ2n) is 3.57. The summed E-state index contributed by atoms with van der Waals surface area (Å²) in [5.74, 6) is 0.165. The van der Waals surface area contributed by atoms with E-state index >= 15 is 0 Å². The minimum absolute atomic E-state index is 0.298. The van der Waals surface area contributed by atoms with Crippen LogP contribution in [0.25, 0.3) is 0 Å². The Hall–Kier alpha value is -2.36. The topological polar surface area (TPSA) is 35.5 Å². The Labute approximate surface area is 104 Å². The number of methoxy groups -OCH3 is 1. The number of esters is 1. The molecule has 0 atom stereocenters. The summed E-state index contributed by atoms with van der Waals surface area (Å²) in [6.45, 7) is 0. The average molecular weight is 246 g/mol. The zero-order chi connectivity index (χ0) is 13.0. The van der Waals surface area contributed by atoms with Gasteiger partial charge in [-0.15, -0.1) is 0 Å². The van der Waals surface area contributed by atoms with Crippen molar-refractivity contribution in [3.05, 3.63) is 59.9 Å². The molecule has 0 spiro atoms. The summed E-state index contributed by atoms with van der Waals surface area (Å²) in [5.41, 5.74) is 0.298. The molecule has 0 aliphatic carbocycles. The van der Waals surface area contributed by atoms with Crippen molar-refractivity contribution in [1.82, 2.24) is 0 Å². The Kier molecular flexibility index (Phi) is 3.57. The molecule has 0 aliphatic heterocycles. The third-order valence-corrected chi connectivity index (χ3v) is 2.35. The van der Waals surface area contributed by atoms with Crippen molar-refractivity contribution in [2.75, 3.05) is 7.11 Å². The molecule has 0 aromatic heterocycles. The summed E-state index contributed by atoms with van der Waals surface area (Å²) < 4.78 is 22.8. The quantitative estimate of drug-likeness (QED) is 0.616. The van der Waals surface area contributed by atoms with Gasteiger partial charge in [0.05, 0.1) is 12.7 Å². The highest BCUT2D eigenvalue weighted by Gasteiger charge is 2.08. The van der Waals surface area contributed by atoms with Crippen LogP contribution in [0.4, 0.5) is 4.39 Å². The van der Waals surface area contributed by atoms with Crippen LogP contribution in [0.3, 0.4) is 0 Å². The van der Waals surface area contributed by atoms with E-state index in [9.17, 15) is 9.18 Å². The van der Waals surface area contributed by atoms with Gasteiger partial charge in [-0.25, -0.2) is 9.18 Å². The molecule has 0 unspecified atom stereocenters. The van der Waals surface area contributed by atoms with Crippen LogP contribution < -0.4 is 9.47 Å². The van der Waals surface area contributed by atoms with E-state index in [0.717, 1.165) is 0 Å². The zero-order valence-electron chi connectivity index (χ0n) is 9.72. The minimum Gasteiger partial charge on any atom is -0.497 e. The number of carbonyl (C=O) groups excluding carboxylic acids is 1. The lowest BCUT2D eigenvalue weighted by molar-refractivity contribution is 0.0734. The van der Waals surface area contributed by atoms with Crippen LogP contribution in [0, 0.1) is 5.82 Å². The monoisotopic (exact) mass is 246 g/mol. The molecule has 0 saturated carbocycles. The third kappa shape index (κ3) is 2.85. The Bertz CT molecular complexity index is 532. The summed E-state index contributed by atoms with van der Waals surface area (Å²) in [7, 11) is 1.56. The van der Waals surface area contributed by atoms with Crippen LogP contribution in [0.15, 0.2) is 48.5 Å². The summed E-state index contributed by atoms with van der Waals surface area (Å²) in [6, 6.07) is 11.8. The lowest BCUT2D eigenvalue weighted by atomic mass is 10.2. The molecule has 2 rings (SSSR count). The van der Waals surface area contributed by atoms with E-state index < -0.39 is 11.8 Å². The van der Waals surface area contributed by atoms with Crippen LogP contribution in [-0.4, -0.2) is 13.1 Å². The van der Waals surface area contributed by atoms with Crippen LogP contribution in [-0.2, 0) is 0 Å². The van der Waals surface area contributed by atoms with Gasteiger partial charge in [0.25, 0.3) is 0 Å². The van der Waals surface area contributed by atoms with E-state index in [0.29, 0.717) is 17.1 Å². The lowest BCUT2D eigenvalue weighted by Gasteiger charge is -2.05. The fourth-order valence-electron chi connectivity index (χ4n) is 1.40. The normalized spacial score (nSPS) is 9.89. The van der Waals surface area contributed by atoms with Gasteiger partial charge in [0.1, 0.15) is 17.3 Å². The molecule has 3 nitrogen and oxygen atoms in total. The highest BCUT2D eigenvalue weighted by atomic mass is 19.1. The number of carbonyl (C=O) groups is 1. The Balaban J connectivity index is 2.08. The van der Waals surface area contributed by atoms with Crippen molar-refractivity contribution in [1.29, 1.82) is 0 Å². The number of hydrogen-bond acceptors (Lipinski definition) is 3.